The standard InChI is InChI=1S/C15H18N2O2/c1-15(19-2)7-4-8-17(11-15)14(18)13-6-3-5-12(9-13)10-16/h3,5-6,9H,4,7-8,11H2,1-2H3. The number of methoxy groups -OCH3 is 1. The van der Waals surface area contributed by atoms with Crippen molar-refractivity contribution in [3.8, 4) is 6.07 Å². The predicted molar refractivity (Wildman–Crippen MR) is 71.7 cm³/mol. The largest absolute Gasteiger partial charge is 0.377 e. The van der Waals surface area contributed by atoms with Crippen LogP contribution in [0.2, 0.25) is 0 Å². The first-order valence-electron chi connectivity index (χ1n) is 6.42. The molecular formula is C15H18N2O2. The number of likely N-dealkylation sites (tertiary alicyclic amines) is 1. The summed E-state index contributed by atoms with van der Waals surface area (Å²) in [6, 6.07) is 8.89. The first-order chi connectivity index (χ1) is 9.08. The van der Waals surface area contributed by atoms with E-state index in [1.807, 2.05) is 11.8 Å². The second-order valence-corrected chi connectivity index (χ2v) is 5.18. The fraction of sp³-hybridized carbons (Fsp3) is 0.467. The Morgan fingerprint density at radius 3 is 3.00 bits per heavy atom. The molecule has 1 amide bonds. The molecule has 0 aromatic heterocycles. The lowest BCUT2D eigenvalue weighted by atomic mass is 9.94. The Hall–Kier alpha value is -1.86. The van der Waals surface area contributed by atoms with Crippen molar-refractivity contribution in [2.24, 2.45) is 0 Å². The Morgan fingerprint density at radius 2 is 2.32 bits per heavy atom. The average Bonchev–Trinajstić information content (AvgIpc) is 2.46. The van der Waals surface area contributed by atoms with E-state index in [4.69, 9.17) is 10.00 Å². The van der Waals surface area contributed by atoms with Crippen molar-refractivity contribution in [3.63, 3.8) is 0 Å². The van der Waals surface area contributed by atoms with Gasteiger partial charge in [-0.2, -0.15) is 5.26 Å². The highest BCUT2D eigenvalue weighted by Crippen LogP contribution is 2.25. The van der Waals surface area contributed by atoms with Crippen molar-refractivity contribution < 1.29 is 9.53 Å². The van der Waals surface area contributed by atoms with Gasteiger partial charge in [0.15, 0.2) is 0 Å². The minimum atomic E-state index is -0.263. The fourth-order valence-electron chi connectivity index (χ4n) is 2.45. The highest BCUT2D eigenvalue weighted by molar-refractivity contribution is 5.94. The van der Waals surface area contributed by atoms with E-state index in [2.05, 4.69) is 6.07 Å². The molecule has 0 aliphatic carbocycles. The zero-order valence-corrected chi connectivity index (χ0v) is 11.3. The van der Waals surface area contributed by atoms with Crippen molar-refractivity contribution in [1.82, 2.24) is 4.90 Å². The van der Waals surface area contributed by atoms with Gasteiger partial charge in [0.1, 0.15) is 0 Å². The summed E-state index contributed by atoms with van der Waals surface area (Å²) in [5.74, 6) is -0.0277. The summed E-state index contributed by atoms with van der Waals surface area (Å²) in [5.41, 5.74) is 0.817. The number of carbonyl (C=O) groups excluding carboxylic acids is 1. The number of hydrogen-bond acceptors (Lipinski definition) is 3. The Bertz CT molecular complexity index is 521. The van der Waals surface area contributed by atoms with Crippen LogP contribution >= 0.6 is 0 Å². The van der Waals surface area contributed by atoms with Crippen molar-refractivity contribution in [1.29, 1.82) is 5.26 Å². The average molecular weight is 258 g/mol. The SMILES string of the molecule is COC1(C)CCCN(C(=O)c2cccc(C#N)c2)C1. The van der Waals surface area contributed by atoms with Crippen molar-refractivity contribution >= 4 is 5.91 Å². The smallest absolute Gasteiger partial charge is 0.253 e. The van der Waals surface area contributed by atoms with E-state index in [0.717, 1.165) is 19.4 Å². The highest BCUT2D eigenvalue weighted by Gasteiger charge is 2.33. The zero-order chi connectivity index (χ0) is 13.9. The highest BCUT2D eigenvalue weighted by atomic mass is 16.5. The molecule has 1 heterocycles. The molecule has 1 fully saturated rings. The Morgan fingerprint density at radius 1 is 1.53 bits per heavy atom. The van der Waals surface area contributed by atoms with E-state index in [0.29, 0.717) is 17.7 Å². The summed E-state index contributed by atoms with van der Waals surface area (Å²) in [6.07, 6.45) is 1.90. The maximum Gasteiger partial charge on any atom is 0.253 e. The summed E-state index contributed by atoms with van der Waals surface area (Å²) in [7, 11) is 1.68. The quantitative estimate of drug-likeness (QED) is 0.817. The van der Waals surface area contributed by atoms with Gasteiger partial charge in [-0.05, 0) is 38.0 Å². The molecule has 0 spiro atoms. The number of ether oxygens (including phenoxy) is 1. The molecule has 1 aliphatic heterocycles. The van der Waals surface area contributed by atoms with Gasteiger partial charge in [-0.3, -0.25) is 4.79 Å². The van der Waals surface area contributed by atoms with E-state index in [9.17, 15) is 4.79 Å². The first-order valence-corrected chi connectivity index (χ1v) is 6.42. The third-order valence-corrected chi connectivity index (χ3v) is 3.68. The van der Waals surface area contributed by atoms with Crippen LogP contribution in [0.5, 0.6) is 0 Å². The summed E-state index contributed by atoms with van der Waals surface area (Å²) in [6.45, 7) is 3.37. The van der Waals surface area contributed by atoms with Gasteiger partial charge in [0, 0.05) is 25.8 Å². The van der Waals surface area contributed by atoms with Gasteiger partial charge in [0.25, 0.3) is 5.91 Å². The molecule has 0 N–H and O–H groups in total. The van der Waals surface area contributed by atoms with Gasteiger partial charge in [-0.1, -0.05) is 6.07 Å². The molecule has 4 heteroatoms. The summed E-state index contributed by atoms with van der Waals surface area (Å²) < 4.78 is 5.49. The third-order valence-electron chi connectivity index (χ3n) is 3.68. The van der Waals surface area contributed by atoms with E-state index in [-0.39, 0.29) is 11.5 Å². The summed E-state index contributed by atoms with van der Waals surface area (Å²) in [4.78, 5) is 14.2. The molecule has 19 heavy (non-hydrogen) atoms. The normalized spacial score (nSPS) is 22.9. The van der Waals surface area contributed by atoms with Crippen LogP contribution < -0.4 is 0 Å². The minimum absolute atomic E-state index is 0.0277. The monoisotopic (exact) mass is 258 g/mol. The molecule has 2 rings (SSSR count). The second-order valence-electron chi connectivity index (χ2n) is 5.18. The minimum Gasteiger partial charge on any atom is -0.377 e. The van der Waals surface area contributed by atoms with Crippen LogP contribution in [0.3, 0.4) is 0 Å². The van der Waals surface area contributed by atoms with Crippen molar-refractivity contribution in [2.75, 3.05) is 20.2 Å². The van der Waals surface area contributed by atoms with Crippen LogP contribution in [0.1, 0.15) is 35.7 Å². The second kappa shape index (κ2) is 5.41. The lowest BCUT2D eigenvalue weighted by Crippen LogP contribution is -2.49. The molecule has 1 unspecified atom stereocenters. The Kier molecular flexibility index (Phi) is 3.87. The number of amides is 1. The molecule has 100 valence electrons. The van der Waals surface area contributed by atoms with Gasteiger partial charge < -0.3 is 9.64 Å². The molecule has 1 atom stereocenters. The van der Waals surface area contributed by atoms with Gasteiger partial charge in [0.2, 0.25) is 0 Å². The van der Waals surface area contributed by atoms with Crippen LogP contribution in [-0.2, 0) is 4.74 Å². The number of hydrogen-bond donors (Lipinski definition) is 0. The summed E-state index contributed by atoms with van der Waals surface area (Å²) in [5, 5.41) is 8.88. The predicted octanol–water partition coefficient (Wildman–Crippen LogP) is 2.20. The van der Waals surface area contributed by atoms with Gasteiger partial charge in [0.05, 0.1) is 17.2 Å². The van der Waals surface area contributed by atoms with Crippen LogP contribution in [-0.4, -0.2) is 36.6 Å². The number of nitrogens with zero attached hydrogens (tertiary/aromatic N) is 2. The molecule has 1 aliphatic rings. The molecule has 0 bridgehead atoms. The first kappa shape index (κ1) is 13.6. The lowest BCUT2D eigenvalue weighted by molar-refractivity contribution is -0.0440. The van der Waals surface area contributed by atoms with Crippen molar-refractivity contribution in [2.45, 2.75) is 25.4 Å². The Balaban J connectivity index is 2.17. The molecule has 0 radical (unpaired) electrons. The number of nitriles is 1. The van der Waals surface area contributed by atoms with Crippen LogP contribution in [0.15, 0.2) is 24.3 Å². The number of rotatable bonds is 2. The van der Waals surface area contributed by atoms with Gasteiger partial charge in [-0.25, -0.2) is 0 Å². The molecule has 4 nitrogen and oxygen atoms in total. The van der Waals surface area contributed by atoms with Crippen LogP contribution in [0.4, 0.5) is 0 Å². The zero-order valence-electron chi connectivity index (χ0n) is 11.3. The Labute approximate surface area is 113 Å². The van der Waals surface area contributed by atoms with Crippen LogP contribution in [0, 0.1) is 11.3 Å². The van der Waals surface area contributed by atoms with Gasteiger partial charge in [-0.15, -0.1) is 0 Å². The third kappa shape index (κ3) is 2.94. The fourth-order valence-corrected chi connectivity index (χ4v) is 2.45. The van der Waals surface area contributed by atoms with E-state index < -0.39 is 0 Å². The van der Waals surface area contributed by atoms with E-state index in [1.54, 1.807) is 31.4 Å². The van der Waals surface area contributed by atoms with Gasteiger partial charge >= 0.3 is 0 Å². The topological polar surface area (TPSA) is 53.3 Å². The van der Waals surface area contributed by atoms with Crippen molar-refractivity contribution in [3.05, 3.63) is 35.4 Å². The maximum atomic E-state index is 12.4. The molecule has 1 aromatic rings. The number of piperidine rings is 1. The number of benzene rings is 1. The molecule has 0 saturated carbocycles. The molecule has 1 aromatic carbocycles. The maximum absolute atomic E-state index is 12.4. The molecule has 1 saturated heterocycles. The molecular weight excluding hydrogens is 240 g/mol. The number of carbonyl (C=O) groups is 1. The van der Waals surface area contributed by atoms with E-state index in [1.165, 1.54) is 0 Å². The van der Waals surface area contributed by atoms with Crippen LogP contribution in [0.25, 0.3) is 0 Å². The summed E-state index contributed by atoms with van der Waals surface area (Å²) >= 11 is 0. The van der Waals surface area contributed by atoms with E-state index >= 15 is 0 Å². The lowest BCUT2D eigenvalue weighted by Gasteiger charge is -2.39.